The van der Waals surface area contributed by atoms with E-state index >= 15 is 0 Å². The number of nitrogens with two attached hydrogens (primary N) is 1. The molecule has 26 heavy (non-hydrogen) atoms. The fraction of sp³-hybridized carbons (Fsp3) is 0.474. The summed E-state index contributed by atoms with van der Waals surface area (Å²) in [5, 5.41) is 3.95. The average Bonchev–Trinajstić information content (AvgIpc) is 3.04. The molecule has 0 bridgehead atoms. The zero-order valence-corrected chi connectivity index (χ0v) is 15.8. The van der Waals surface area contributed by atoms with Crippen molar-refractivity contribution in [2.24, 2.45) is 0 Å². The summed E-state index contributed by atoms with van der Waals surface area (Å²) in [5.41, 5.74) is 6.56. The van der Waals surface area contributed by atoms with Crippen LogP contribution < -0.4 is 11.1 Å². The largest absolute Gasteiger partial charge is 0.447 e. The van der Waals surface area contributed by atoms with Crippen LogP contribution in [0.5, 0.6) is 0 Å². The van der Waals surface area contributed by atoms with Gasteiger partial charge < -0.3 is 15.8 Å². The Balaban J connectivity index is 1.59. The van der Waals surface area contributed by atoms with Gasteiger partial charge in [-0.1, -0.05) is 0 Å². The van der Waals surface area contributed by atoms with Crippen LogP contribution >= 0.6 is 11.3 Å². The van der Waals surface area contributed by atoms with Crippen molar-refractivity contribution in [3.63, 3.8) is 0 Å². The van der Waals surface area contributed by atoms with E-state index < -0.39 is 0 Å². The Morgan fingerprint density at radius 1 is 1.35 bits per heavy atom. The Kier molecular flexibility index (Phi) is 5.76. The summed E-state index contributed by atoms with van der Waals surface area (Å²) in [5.74, 6) is 0.0292. The summed E-state index contributed by atoms with van der Waals surface area (Å²) in [6.45, 7) is 3.67. The normalized spacial score (nSPS) is 20.2. The van der Waals surface area contributed by atoms with Gasteiger partial charge in [-0.3, -0.25) is 0 Å². The van der Waals surface area contributed by atoms with E-state index in [4.69, 9.17) is 10.5 Å². The molecule has 0 radical (unpaired) electrons. The molecule has 1 amide bonds. The van der Waals surface area contributed by atoms with Gasteiger partial charge in [0.25, 0.3) is 0 Å². The monoisotopic (exact) mass is 377 g/mol. The molecule has 140 valence electrons. The van der Waals surface area contributed by atoms with Crippen LogP contribution in [0.15, 0.2) is 24.4 Å². The number of carbonyl (C=O) groups is 1. The standard InChI is InChI=1S/C19H24FN3O2S/c1-11(2)25-19(24)23-14-6-3-12(4-7-14)18-22-10-17(26-18)15-8-5-13(21)9-16(15)20/h5,8-12,14H,3-4,6-7,21H2,1-2H3,(H,23,24)/t12-,14-. The molecule has 1 fully saturated rings. The zero-order valence-electron chi connectivity index (χ0n) is 15.0. The third kappa shape index (κ3) is 4.52. The van der Waals surface area contributed by atoms with E-state index in [0.29, 0.717) is 17.2 Å². The topological polar surface area (TPSA) is 77.2 Å². The highest BCUT2D eigenvalue weighted by Gasteiger charge is 2.26. The van der Waals surface area contributed by atoms with Crippen LogP contribution in [0, 0.1) is 5.82 Å². The molecule has 3 N–H and O–H groups in total. The highest BCUT2D eigenvalue weighted by molar-refractivity contribution is 7.15. The quantitative estimate of drug-likeness (QED) is 0.758. The predicted molar refractivity (Wildman–Crippen MR) is 102 cm³/mol. The van der Waals surface area contributed by atoms with E-state index in [0.717, 1.165) is 35.6 Å². The van der Waals surface area contributed by atoms with Crippen LogP contribution in [-0.2, 0) is 4.74 Å². The van der Waals surface area contributed by atoms with E-state index in [1.165, 1.54) is 17.4 Å². The van der Waals surface area contributed by atoms with Gasteiger partial charge in [-0.2, -0.15) is 0 Å². The van der Waals surface area contributed by atoms with Crippen LogP contribution in [0.3, 0.4) is 0 Å². The van der Waals surface area contributed by atoms with Crippen LogP contribution in [-0.4, -0.2) is 23.2 Å². The first-order valence-corrected chi connectivity index (χ1v) is 9.72. The van der Waals surface area contributed by atoms with Gasteiger partial charge in [0.05, 0.1) is 16.0 Å². The van der Waals surface area contributed by atoms with E-state index in [1.54, 1.807) is 18.3 Å². The molecule has 7 heteroatoms. The number of rotatable bonds is 4. The predicted octanol–water partition coefficient (Wildman–Crippen LogP) is 4.69. The first kappa shape index (κ1) is 18.6. The summed E-state index contributed by atoms with van der Waals surface area (Å²) in [6, 6.07) is 4.88. The Bertz CT molecular complexity index is 770. The van der Waals surface area contributed by atoms with Crippen molar-refractivity contribution in [3.8, 4) is 10.4 Å². The Morgan fingerprint density at radius 3 is 2.73 bits per heavy atom. The molecule has 3 rings (SSSR count). The number of aromatic nitrogens is 1. The Morgan fingerprint density at radius 2 is 2.08 bits per heavy atom. The minimum absolute atomic E-state index is 0.117. The van der Waals surface area contributed by atoms with E-state index in [9.17, 15) is 9.18 Å². The lowest BCUT2D eigenvalue weighted by Crippen LogP contribution is -2.38. The van der Waals surface area contributed by atoms with E-state index in [2.05, 4.69) is 10.3 Å². The number of nitrogens with zero attached hydrogens (tertiary/aromatic N) is 1. The number of hydrogen-bond donors (Lipinski definition) is 2. The minimum atomic E-state index is -0.348. The van der Waals surface area contributed by atoms with E-state index in [1.807, 2.05) is 13.8 Å². The number of halogens is 1. The second-order valence-electron chi connectivity index (χ2n) is 6.95. The number of nitrogens with one attached hydrogen (secondary N) is 1. The summed E-state index contributed by atoms with van der Waals surface area (Å²) in [7, 11) is 0. The van der Waals surface area contributed by atoms with Crippen molar-refractivity contribution < 1.29 is 13.9 Å². The third-order valence-corrected chi connectivity index (χ3v) is 5.72. The van der Waals surface area contributed by atoms with Crippen molar-refractivity contribution >= 4 is 23.1 Å². The molecule has 0 atom stereocenters. The van der Waals surface area contributed by atoms with Gasteiger partial charge in [0.15, 0.2) is 0 Å². The van der Waals surface area contributed by atoms with Crippen molar-refractivity contribution in [2.75, 3.05) is 5.73 Å². The van der Waals surface area contributed by atoms with Crippen LogP contribution in [0.25, 0.3) is 10.4 Å². The molecule has 1 saturated carbocycles. The number of alkyl carbamates (subject to hydrolysis) is 1. The molecule has 2 aromatic rings. The van der Waals surface area contributed by atoms with Crippen LogP contribution in [0.1, 0.15) is 50.5 Å². The van der Waals surface area contributed by atoms with Crippen molar-refractivity contribution in [1.29, 1.82) is 0 Å². The highest BCUT2D eigenvalue weighted by Crippen LogP contribution is 2.38. The third-order valence-electron chi connectivity index (χ3n) is 4.52. The van der Waals surface area contributed by atoms with Crippen LogP contribution in [0.2, 0.25) is 0 Å². The lowest BCUT2D eigenvalue weighted by atomic mass is 9.86. The molecule has 0 unspecified atom stereocenters. The second kappa shape index (κ2) is 8.03. The van der Waals surface area contributed by atoms with Gasteiger partial charge in [0.2, 0.25) is 0 Å². The molecular weight excluding hydrogens is 353 g/mol. The van der Waals surface area contributed by atoms with Gasteiger partial charge in [-0.25, -0.2) is 14.2 Å². The van der Waals surface area contributed by atoms with Gasteiger partial charge in [0, 0.05) is 29.4 Å². The van der Waals surface area contributed by atoms with Gasteiger partial charge in [0.1, 0.15) is 5.82 Å². The summed E-state index contributed by atoms with van der Waals surface area (Å²) in [4.78, 5) is 17.0. The molecule has 0 spiro atoms. The van der Waals surface area contributed by atoms with Gasteiger partial charge in [-0.15, -0.1) is 11.3 Å². The second-order valence-corrected chi connectivity index (χ2v) is 8.01. The Hall–Kier alpha value is -2.15. The lowest BCUT2D eigenvalue weighted by molar-refractivity contribution is 0.109. The maximum atomic E-state index is 14.1. The van der Waals surface area contributed by atoms with Gasteiger partial charge >= 0.3 is 6.09 Å². The summed E-state index contributed by atoms with van der Waals surface area (Å²) >= 11 is 1.53. The van der Waals surface area contributed by atoms with Crippen LogP contribution in [0.4, 0.5) is 14.9 Å². The fourth-order valence-corrected chi connectivity index (χ4v) is 4.35. The molecule has 1 aliphatic rings. The number of anilines is 1. The molecule has 1 aromatic carbocycles. The van der Waals surface area contributed by atoms with Gasteiger partial charge in [-0.05, 0) is 57.7 Å². The minimum Gasteiger partial charge on any atom is -0.447 e. The highest BCUT2D eigenvalue weighted by atomic mass is 32.1. The molecule has 1 heterocycles. The number of nitrogen functional groups attached to an aromatic ring is 1. The van der Waals surface area contributed by atoms with Crippen molar-refractivity contribution in [1.82, 2.24) is 10.3 Å². The molecule has 1 aromatic heterocycles. The summed E-state index contributed by atoms with van der Waals surface area (Å²) < 4.78 is 19.2. The first-order valence-electron chi connectivity index (χ1n) is 8.90. The fourth-order valence-electron chi connectivity index (χ4n) is 3.23. The number of thiazole rings is 1. The lowest BCUT2D eigenvalue weighted by Gasteiger charge is -2.28. The SMILES string of the molecule is CC(C)OC(=O)N[C@H]1CC[C@H](c2ncc(-c3ccc(N)cc3F)s2)CC1. The zero-order chi connectivity index (χ0) is 18.7. The number of amides is 1. The first-order chi connectivity index (χ1) is 12.4. The molecule has 0 saturated heterocycles. The number of benzene rings is 1. The number of hydrogen-bond acceptors (Lipinski definition) is 5. The molecular formula is C19H24FN3O2S. The average molecular weight is 377 g/mol. The Labute approximate surface area is 156 Å². The van der Waals surface area contributed by atoms with Crippen molar-refractivity contribution in [2.45, 2.75) is 57.6 Å². The smallest absolute Gasteiger partial charge is 0.407 e. The molecule has 0 aliphatic heterocycles. The van der Waals surface area contributed by atoms with Crippen molar-refractivity contribution in [3.05, 3.63) is 35.2 Å². The summed E-state index contributed by atoms with van der Waals surface area (Å²) in [6.07, 6.45) is 4.95. The molecule has 5 nitrogen and oxygen atoms in total. The number of carbonyl (C=O) groups excluding carboxylic acids is 1. The maximum absolute atomic E-state index is 14.1. The molecule has 1 aliphatic carbocycles. The number of ether oxygens (including phenoxy) is 1. The van der Waals surface area contributed by atoms with E-state index in [-0.39, 0.29) is 24.1 Å². The maximum Gasteiger partial charge on any atom is 0.407 e.